The van der Waals surface area contributed by atoms with Crippen molar-refractivity contribution in [1.82, 2.24) is 0 Å². The van der Waals surface area contributed by atoms with Gasteiger partial charge in [0, 0.05) is 0 Å². The predicted molar refractivity (Wildman–Crippen MR) is 54.2 cm³/mol. The molecule has 1 rings (SSSR count). The van der Waals surface area contributed by atoms with Gasteiger partial charge in [-0.05, 0) is 5.56 Å². The Bertz CT molecular complexity index is 248. The van der Waals surface area contributed by atoms with Gasteiger partial charge in [-0.25, -0.2) is 0 Å². The smallest absolute Gasteiger partial charge is 0.115 e. The number of alkyl halides is 1. The van der Waals surface area contributed by atoms with Crippen LogP contribution in [0, 0.1) is 5.41 Å². The van der Waals surface area contributed by atoms with Crippen LogP contribution in [0.25, 0.3) is 0 Å². The maximum atomic E-state index is 7.08. The van der Waals surface area contributed by atoms with Crippen LogP contribution in [-0.4, -0.2) is 5.84 Å². The first-order chi connectivity index (χ1) is 5.22. The highest BCUT2D eigenvalue weighted by atomic mass is 35.5. The minimum atomic E-state index is -0.490. The molecule has 0 fully saturated rings. The third kappa shape index (κ3) is 2.72. The van der Waals surface area contributed by atoms with E-state index in [4.69, 9.17) is 22.7 Å². The Morgan fingerprint density at radius 3 is 2.25 bits per heavy atom. The van der Waals surface area contributed by atoms with Crippen LogP contribution in [0.4, 0.5) is 0 Å². The topological polar surface area (TPSA) is 49.9 Å². The number of nitrogens with two attached hydrogens (primary N) is 1. The zero-order valence-electron chi connectivity index (χ0n) is 6.33. The molecule has 1 aromatic rings. The van der Waals surface area contributed by atoms with Crippen molar-refractivity contribution in [3.63, 3.8) is 0 Å². The summed E-state index contributed by atoms with van der Waals surface area (Å²) < 4.78 is 0. The summed E-state index contributed by atoms with van der Waals surface area (Å²) in [5, 5.41) is 6.59. The van der Waals surface area contributed by atoms with E-state index >= 15 is 0 Å². The number of halogens is 2. The van der Waals surface area contributed by atoms with Gasteiger partial charge in [0.1, 0.15) is 11.2 Å². The molecule has 1 atom stereocenters. The molecule has 3 N–H and O–H groups in total. The van der Waals surface area contributed by atoms with Crippen LogP contribution >= 0.6 is 24.0 Å². The van der Waals surface area contributed by atoms with E-state index in [1.807, 2.05) is 30.3 Å². The molecule has 0 aliphatic rings. The molecule has 66 valence electrons. The first-order valence-corrected chi connectivity index (χ1v) is 3.68. The first-order valence-electron chi connectivity index (χ1n) is 3.24. The molecule has 0 spiro atoms. The summed E-state index contributed by atoms with van der Waals surface area (Å²) in [7, 11) is 0. The van der Waals surface area contributed by atoms with E-state index in [0.29, 0.717) is 0 Å². The van der Waals surface area contributed by atoms with E-state index in [1.54, 1.807) is 0 Å². The van der Waals surface area contributed by atoms with Gasteiger partial charge >= 0.3 is 0 Å². The third-order valence-corrected chi connectivity index (χ3v) is 1.85. The van der Waals surface area contributed by atoms with E-state index in [-0.39, 0.29) is 18.2 Å². The van der Waals surface area contributed by atoms with Crippen molar-refractivity contribution in [3.05, 3.63) is 35.9 Å². The quantitative estimate of drug-likeness (QED) is 0.434. The van der Waals surface area contributed by atoms with Crippen LogP contribution in [-0.2, 0) is 0 Å². The molecule has 0 amide bonds. The van der Waals surface area contributed by atoms with E-state index in [9.17, 15) is 0 Å². The van der Waals surface area contributed by atoms with Gasteiger partial charge in [0.25, 0.3) is 0 Å². The Kier molecular flexibility index (Phi) is 4.71. The highest BCUT2D eigenvalue weighted by Gasteiger charge is 2.08. The Balaban J connectivity index is 0.00000121. The number of hydrogen-bond acceptors (Lipinski definition) is 1. The van der Waals surface area contributed by atoms with Gasteiger partial charge in [-0.3, -0.25) is 5.41 Å². The first kappa shape index (κ1) is 11.3. The molecule has 0 radical (unpaired) electrons. The molecule has 1 unspecified atom stereocenters. The van der Waals surface area contributed by atoms with Crippen LogP contribution in [0.1, 0.15) is 10.9 Å². The average molecular weight is 205 g/mol. The van der Waals surface area contributed by atoms with E-state index < -0.39 is 5.38 Å². The van der Waals surface area contributed by atoms with Crippen molar-refractivity contribution in [2.45, 2.75) is 5.38 Å². The highest BCUT2D eigenvalue weighted by molar-refractivity contribution is 6.31. The van der Waals surface area contributed by atoms with E-state index in [2.05, 4.69) is 0 Å². The molecule has 1 aromatic carbocycles. The Hall–Kier alpha value is -0.730. The SMILES string of the molecule is Cl.N=C(N)C(Cl)c1ccccc1. The minimum absolute atomic E-state index is 0. The fraction of sp³-hybridized carbons (Fsp3) is 0.125. The van der Waals surface area contributed by atoms with Gasteiger partial charge in [0.15, 0.2) is 0 Å². The molecular formula is C8H10Cl2N2. The molecule has 0 aromatic heterocycles. The number of benzene rings is 1. The van der Waals surface area contributed by atoms with Crippen LogP contribution in [0.2, 0.25) is 0 Å². The van der Waals surface area contributed by atoms with Gasteiger partial charge in [-0.2, -0.15) is 0 Å². The monoisotopic (exact) mass is 204 g/mol. The molecule has 0 saturated carbocycles. The lowest BCUT2D eigenvalue weighted by Crippen LogP contribution is -2.15. The van der Waals surface area contributed by atoms with Crippen molar-refractivity contribution < 1.29 is 0 Å². The molecule has 0 aliphatic heterocycles. The fourth-order valence-corrected chi connectivity index (χ4v) is 0.947. The highest BCUT2D eigenvalue weighted by Crippen LogP contribution is 2.18. The van der Waals surface area contributed by atoms with Crippen molar-refractivity contribution in [3.8, 4) is 0 Å². The Morgan fingerprint density at radius 2 is 1.83 bits per heavy atom. The lowest BCUT2D eigenvalue weighted by atomic mass is 10.1. The number of hydrogen-bond donors (Lipinski definition) is 2. The maximum Gasteiger partial charge on any atom is 0.115 e. The molecule has 0 aliphatic carbocycles. The normalized spacial score (nSPS) is 11.4. The Morgan fingerprint density at radius 1 is 1.33 bits per heavy atom. The number of nitrogens with one attached hydrogen (secondary N) is 1. The van der Waals surface area contributed by atoms with Crippen molar-refractivity contribution in [2.75, 3.05) is 0 Å². The number of amidine groups is 1. The van der Waals surface area contributed by atoms with Crippen molar-refractivity contribution >= 4 is 29.8 Å². The zero-order chi connectivity index (χ0) is 8.27. The van der Waals surface area contributed by atoms with Crippen molar-refractivity contribution in [2.24, 2.45) is 5.73 Å². The van der Waals surface area contributed by atoms with Gasteiger partial charge < -0.3 is 5.73 Å². The van der Waals surface area contributed by atoms with E-state index in [0.717, 1.165) is 5.56 Å². The fourth-order valence-electron chi connectivity index (χ4n) is 0.802. The lowest BCUT2D eigenvalue weighted by Gasteiger charge is -2.05. The summed E-state index contributed by atoms with van der Waals surface area (Å²) in [6.07, 6.45) is 0. The molecule has 4 heteroatoms. The predicted octanol–water partition coefficient (Wildman–Crippen LogP) is 2.32. The van der Waals surface area contributed by atoms with E-state index in [1.165, 1.54) is 0 Å². The second-order valence-electron chi connectivity index (χ2n) is 2.23. The van der Waals surface area contributed by atoms with Gasteiger partial charge in [0.05, 0.1) is 0 Å². The molecule has 0 saturated heterocycles. The number of rotatable bonds is 2. The van der Waals surface area contributed by atoms with Crippen molar-refractivity contribution in [1.29, 1.82) is 5.41 Å². The molecule has 0 bridgehead atoms. The summed E-state index contributed by atoms with van der Waals surface area (Å²) in [5.41, 5.74) is 6.08. The molecule has 12 heavy (non-hydrogen) atoms. The summed E-state index contributed by atoms with van der Waals surface area (Å²) in [4.78, 5) is 0. The molecule has 2 nitrogen and oxygen atoms in total. The second kappa shape index (κ2) is 5.01. The summed E-state index contributed by atoms with van der Waals surface area (Å²) in [6, 6.07) is 9.33. The maximum absolute atomic E-state index is 7.08. The molecular weight excluding hydrogens is 195 g/mol. The second-order valence-corrected chi connectivity index (χ2v) is 2.67. The third-order valence-electron chi connectivity index (χ3n) is 1.37. The molecule has 0 heterocycles. The van der Waals surface area contributed by atoms with Gasteiger partial charge in [-0.15, -0.1) is 24.0 Å². The summed E-state index contributed by atoms with van der Waals surface area (Å²) >= 11 is 5.79. The average Bonchev–Trinajstić information content (AvgIpc) is 2.05. The van der Waals surface area contributed by atoms with Gasteiger partial charge in [-0.1, -0.05) is 30.3 Å². The standard InChI is InChI=1S/C8H9ClN2.ClH/c9-7(8(10)11)6-4-2-1-3-5-6;/h1-5,7H,(H3,10,11);1H. The summed E-state index contributed by atoms with van der Waals surface area (Å²) in [6.45, 7) is 0. The minimum Gasteiger partial charge on any atom is -0.386 e. The van der Waals surface area contributed by atoms with Crippen LogP contribution in [0.3, 0.4) is 0 Å². The Labute approximate surface area is 82.6 Å². The largest absolute Gasteiger partial charge is 0.386 e. The zero-order valence-corrected chi connectivity index (χ0v) is 7.90. The lowest BCUT2D eigenvalue weighted by molar-refractivity contribution is 1.20. The van der Waals surface area contributed by atoms with Crippen LogP contribution < -0.4 is 5.73 Å². The van der Waals surface area contributed by atoms with Gasteiger partial charge in [0.2, 0.25) is 0 Å². The van der Waals surface area contributed by atoms with Crippen LogP contribution in [0.15, 0.2) is 30.3 Å². The van der Waals surface area contributed by atoms with Crippen LogP contribution in [0.5, 0.6) is 0 Å². The summed E-state index contributed by atoms with van der Waals surface area (Å²) in [5.74, 6) is -0.0159.